The normalized spacial score (nSPS) is 13.5. The van der Waals surface area contributed by atoms with Crippen molar-refractivity contribution >= 4 is 0 Å². The summed E-state index contributed by atoms with van der Waals surface area (Å²) in [6, 6.07) is 6.80. The van der Waals surface area contributed by atoms with E-state index in [0.717, 1.165) is 0 Å². The Balaban J connectivity index is 2.46. The molecular weight excluding hydrogens is 120 g/mol. The predicted molar refractivity (Wildman–Crippen MR) is 43.3 cm³/mol. The minimum atomic E-state index is 0.698. The van der Waals surface area contributed by atoms with Crippen molar-refractivity contribution < 1.29 is 0 Å². The molecule has 0 radical (unpaired) electrons. The van der Waals surface area contributed by atoms with Crippen molar-refractivity contribution in [3.8, 4) is 0 Å². The van der Waals surface area contributed by atoms with E-state index < -0.39 is 0 Å². The number of hydrogen-bond acceptors (Lipinski definition) is 0. The first-order valence-corrected chi connectivity index (χ1v) is 3.89. The smallest absolute Gasteiger partial charge is 0.00227 e. The van der Waals surface area contributed by atoms with Gasteiger partial charge in [-0.25, -0.2) is 0 Å². The first-order chi connectivity index (χ1) is 4.77. The maximum absolute atomic E-state index is 2.30. The highest BCUT2D eigenvalue weighted by Crippen LogP contribution is 2.29. The van der Waals surface area contributed by atoms with Gasteiger partial charge in [0.2, 0.25) is 0 Å². The third-order valence-electron chi connectivity index (χ3n) is 2.22. The highest BCUT2D eigenvalue weighted by molar-refractivity contribution is 5.45. The molecule has 0 N–H and O–H groups in total. The molecule has 1 aromatic carbocycles. The molecule has 2 bridgehead atoms. The molecule has 2 aliphatic carbocycles. The molecule has 0 heteroatoms. The number of benzene rings is 1. The molecule has 0 heterocycles. The lowest BCUT2D eigenvalue weighted by Gasteiger charge is -2.21. The summed E-state index contributed by atoms with van der Waals surface area (Å²) in [6.45, 7) is 4.51. The van der Waals surface area contributed by atoms with E-state index in [9.17, 15) is 0 Å². The van der Waals surface area contributed by atoms with Crippen LogP contribution in [0, 0.1) is 0 Å². The highest BCUT2D eigenvalue weighted by atomic mass is 14.2. The van der Waals surface area contributed by atoms with Gasteiger partial charge in [0.05, 0.1) is 0 Å². The molecule has 2 aliphatic rings. The molecule has 0 aliphatic heterocycles. The summed E-state index contributed by atoms with van der Waals surface area (Å²) in [5, 5.41) is 0. The van der Waals surface area contributed by atoms with E-state index in [4.69, 9.17) is 0 Å². The topological polar surface area (TPSA) is 0 Å². The van der Waals surface area contributed by atoms with E-state index in [-0.39, 0.29) is 0 Å². The molecule has 0 atom stereocenters. The Hall–Kier alpha value is -0.780. The maximum atomic E-state index is 2.30. The van der Waals surface area contributed by atoms with Crippen LogP contribution in [-0.4, -0.2) is 0 Å². The predicted octanol–water partition coefficient (Wildman–Crippen LogP) is 2.71. The molecule has 52 valence electrons. The maximum Gasteiger partial charge on any atom is -0.00227 e. The van der Waals surface area contributed by atoms with Crippen molar-refractivity contribution in [2.24, 2.45) is 0 Å². The van der Waals surface area contributed by atoms with Crippen LogP contribution in [0.3, 0.4) is 0 Å². The minimum absolute atomic E-state index is 0.698. The van der Waals surface area contributed by atoms with Crippen LogP contribution >= 0.6 is 0 Å². The van der Waals surface area contributed by atoms with Gasteiger partial charge in [-0.1, -0.05) is 32.0 Å². The first kappa shape index (κ1) is 5.96. The third kappa shape index (κ3) is 0.683. The van der Waals surface area contributed by atoms with Crippen molar-refractivity contribution in [3.05, 3.63) is 34.9 Å². The lowest BCUT2D eigenvalue weighted by Crippen LogP contribution is -2.06. The Morgan fingerprint density at radius 1 is 1.30 bits per heavy atom. The van der Waals surface area contributed by atoms with Crippen LogP contribution in [-0.2, 0) is 6.42 Å². The molecule has 0 spiro atoms. The SMILES string of the molecule is CC(C)c1ccc2cc1C2. The average molecular weight is 132 g/mol. The monoisotopic (exact) mass is 132 g/mol. The van der Waals surface area contributed by atoms with Gasteiger partial charge < -0.3 is 0 Å². The van der Waals surface area contributed by atoms with Crippen LogP contribution in [0.2, 0.25) is 0 Å². The molecule has 0 saturated heterocycles. The van der Waals surface area contributed by atoms with Gasteiger partial charge in [-0.2, -0.15) is 0 Å². The quantitative estimate of drug-likeness (QED) is 0.559. The van der Waals surface area contributed by atoms with Crippen molar-refractivity contribution in [1.29, 1.82) is 0 Å². The zero-order chi connectivity index (χ0) is 7.14. The van der Waals surface area contributed by atoms with Gasteiger partial charge in [0, 0.05) is 0 Å². The molecule has 10 heavy (non-hydrogen) atoms. The van der Waals surface area contributed by atoms with Crippen LogP contribution in [0.5, 0.6) is 0 Å². The lowest BCUT2D eigenvalue weighted by molar-refractivity contribution is 0.832. The Labute approximate surface area is 61.9 Å². The van der Waals surface area contributed by atoms with Crippen molar-refractivity contribution in [2.75, 3.05) is 0 Å². The van der Waals surface area contributed by atoms with Gasteiger partial charge in [0.15, 0.2) is 0 Å². The average Bonchev–Trinajstić information content (AvgIpc) is 1.86. The molecule has 0 aromatic heterocycles. The second-order valence-corrected chi connectivity index (χ2v) is 3.36. The zero-order valence-electron chi connectivity index (χ0n) is 6.52. The van der Waals surface area contributed by atoms with Gasteiger partial charge in [-0.15, -0.1) is 0 Å². The Bertz CT molecular complexity index is 255. The zero-order valence-corrected chi connectivity index (χ0v) is 6.52. The van der Waals surface area contributed by atoms with Gasteiger partial charge >= 0.3 is 0 Å². The first-order valence-electron chi connectivity index (χ1n) is 3.89. The molecule has 0 nitrogen and oxygen atoms in total. The van der Waals surface area contributed by atoms with Crippen molar-refractivity contribution in [3.63, 3.8) is 0 Å². The lowest BCUT2D eigenvalue weighted by atomic mass is 9.84. The van der Waals surface area contributed by atoms with Crippen LogP contribution in [0.15, 0.2) is 18.2 Å². The molecule has 3 rings (SSSR count). The summed E-state index contributed by atoms with van der Waals surface area (Å²) >= 11 is 0. The second kappa shape index (κ2) is 1.85. The minimum Gasteiger partial charge on any atom is -0.0587 e. The number of fused-ring (bicyclic) bond motifs is 2. The van der Waals surface area contributed by atoms with E-state index in [1.165, 1.54) is 17.5 Å². The molecular formula is C10H12. The summed E-state index contributed by atoms with van der Waals surface area (Å²) in [7, 11) is 0. The standard InChI is InChI=1S/C10H12/c1-7(2)10-4-3-8-5-9(10)6-8/h3-5,7H,6H2,1-2H3. The van der Waals surface area contributed by atoms with Gasteiger partial charge in [0.25, 0.3) is 0 Å². The largest absolute Gasteiger partial charge is 0.0587 e. The summed E-state index contributed by atoms with van der Waals surface area (Å²) in [5.41, 5.74) is 4.60. The Morgan fingerprint density at radius 2 is 2.00 bits per heavy atom. The Morgan fingerprint density at radius 3 is 2.30 bits per heavy atom. The number of hydrogen-bond donors (Lipinski definition) is 0. The fourth-order valence-corrected chi connectivity index (χ4v) is 1.57. The van der Waals surface area contributed by atoms with Gasteiger partial charge in [-0.05, 0) is 29.0 Å². The molecule has 0 unspecified atom stereocenters. The fraction of sp³-hybridized carbons (Fsp3) is 0.400. The van der Waals surface area contributed by atoms with Gasteiger partial charge in [0.1, 0.15) is 0 Å². The van der Waals surface area contributed by atoms with Gasteiger partial charge in [-0.3, -0.25) is 0 Å². The fourth-order valence-electron chi connectivity index (χ4n) is 1.57. The van der Waals surface area contributed by atoms with E-state index in [2.05, 4.69) is 32.0 Å². The van der Waals surface area contributed by atoms with E-state index in [1.54, 1.807) is 5.56 Å². The van der Waals surface area contributed by atoms with Crippen LogP contribution in [0.1, 0.15) is 36.5 Å². The highest BCUT2D eigenvalue weighted by Gasteiger charge is 2.14. The van der Waals surface area contributed by atoms with Crippen molar-refractivity contribution in [1.82, 2.24) is 0 Å². The van der Waals surface area contributed by atoms with Crippen LogP contribution in [0.4, 0.5) is 0 Å². The molecule has 0 fully saturated rings. The van der Waals surface area contributed by atoms with Crippen LogP contribution in [0.25, 0.3) is 0 Å². The molecule has 0 saturated carbocycles. The van der Waals surface area contributed by atoms with Crippen molar-refractivity contribution in [2.45, 2.75) is 26.2 Å². The summed E-state index contributed by atoms with van der Waals surface area (Å²) in [6.07, 6.45) is 1.23. The summed E-state index contributed by atoms with van der Waals surface area (Å²) < 4.78 is 0. The second-order valence-electron chi connectivity index (χ2n) is 3.36. The third-order valence-corrected chi connectivity index (χ3v) is 2.22. The molecule has 0 amide bonds. The number of rotatable bonds is 1. The van der Waals surface area contributed by atoms with E-state index in [1.807, 2.05) is 0 Å². The van der Waals surface area contributed by atoms with E-state index >= 15 is 0 Å². The molecule has 1 aromatic rings. The summed E-state index contributed by atoms with van der Waals surface area (Å²) in [4.78, 5) is 0. The summed E-state index contributed by atoms with van der Waals surface area (Å²) in [5.74, 6) is 0.698. The Kier molecular flexibility index (Phi) is 1.10. The van der Waals surface area contributed by atoms with E-state index in [0.29, 0.717) is 5.92 Å². The van der Waals surface area contributed by atoms with Crippen LogP contribution < -0.4 is 0 Å².